The van der Waals surface area contributed by atoms with Crippen LogP contribution in [0.2, 0.25) is 0 Å². The van der Waals surface area contributed by atoms with Gasteiger partial charge in [0.05, 0.1) is 18.4 Å². The molecular formula is C22H20F4N10O. The third-order valence-electron chi connectivity index (χ3n) is 6.64. The zero-order valence-electron chi connectivity index (χ0n) is 19.1. The number of alkyl halides is 4. The number of hydrogen-bond donors (Lipinski definition) is 3. The molecule has 1 saturated carbocycles. The van der Waals surface area contributed by atoms with Crippen molar-refractivity contribution in [3.05, 3.63) is 48.7 Å². The molecule has 2 atom stereocenters. The van der Waals surface area contributed by atoms with Crippen molar-refractivity contribution in [2.75, 3.05) is 22.1 Å². The van der Waals surface area contributed by atoms with Crippen molar-refractivity contribution in [1.82, 2.24) is 34.8 Å². The third kappa shape index (κ3) is 4.09. The first-order chi connectivity index (χ1) is 17.7. The number of amides is 1. The van der Waals surface area contributed by atoms with Crippen molar-refractivity contribution in [1.29, 1.82) is 0 Å². The molecule has 6 rings (SSSR count). The van der Waals surface area contributed by atoms with Crippen molar-refractivity contribution in [3.63, 3.8) is 0 Å². The Morgan fingerprint density at radius 1 is 1.22 bits per heavy atom. The molecule has 1 amide bonds. The van der Waals surface area contributed by atoms with E-state index in [1.165, 1.54) is 34.1 Å². The molecule has 0 radical (unpaired) electrons. The van der Waals surface area contributed by atoms with Crippen LogP contribution >= 0.6 is 0 Å². The number of nitrogens with zero attached hydrogens (tertiary/aromatic N) is 7. The average Bonchev–Trinajstić information content (AvgIpc) is 3.18. The molecule has 1 saturated heterocycles. The molecule has 15 heteroatoms. The van der Waals surface area contributed by atoms with Gasteiger partial charge in [0.25, 0.3) is 0 Å². The zero-order valence-corrected chi connectivity index (χ0v) is 19.1. The Labute approximate surface area is 206 Å². The summed E-state index contributed by atoms with van der Waals surface area (Å²) in [5.74, 6) is 0.168. The van der Waals surface area contributed by atoms with Gasteiger partial charge in [0.1, 0.15) is 23.1 Å². The van der Waals surface area contributed by atoms with Crippen LogP contribution in [-0.2, 0) is 10.2 Å². The van der Waals surface area contributed by atoms with E-state index in [2.05, 4.69) is 40.9 Å². The molecule has 1 aliphatic carbocycles. The fourth-order valence-corrected chi connectivity index (χ4v) is 4.55. The highest BCUT2D eigenvalue weighted by atomic mass is 19.4. The maximum Gasteiger partial charge on any atom is 0.399 e. The number of aromatic nitrogens is 7. The number of aromatic amines is 1. The standard InChI is InChI=1S/C22H20F4N10O/c23-12-8-14(19(37)30-17-10-27-5-6-28-17)35(11-12)20-31-18(13-2-1-7-36(13)34-20)29-16-9-15(32-33-16)21(3-4-21)22(24,25)26/h1-2,5-7,9-10,12,14H,3-4,8,11H2,(H,28,30,37)(H2,29,31,32,33,34)/t12-,14+/m1/s1. The highest BCUT2D eigenvalue weighted by molar-refractivity contribution is 5.96. The van der Waals surface area contributed by atoms with Crippen LogP contribution in [0.5, 0.6) is 0 Å². The van der Waals surface area contributed by atoms with Gasteiger partial charge >= 0.3 is 6.18 Å². The van der Waals surface area contributed by atoms with E-state index < -0.39 is 29.7 Å². The molecule has 4 aromatic rings. The molecule has 0 spiro atoms. The Morgan fingerprint density at radius 3 is 2.78 bits per heavy atom. The van der Waals surface area contributed by atoms with Crippen LogP contribution in [0.1, 0.15) is 25.0 Å². The van der Waals surface area contributed by atoms with E-state index >= 15 is 0 Å². The first kappa shape index (κ1) is 23.1. The Balaban J connectivity index is 1.29. The van der Waals surface area contributed by atoms with Gasteiger partial charge in [-0.2, -0.15) is 23.3 Å². The molecule has 192 valence electrons. The van der Waals surface area contributed by atoms with Gasteiger partial charge in [-0.15, -0.1) is 5.10 Å². The van der Waals surface area contributed by atoms with Crippen LogP contribution in [0.15, 0.2) is 43.0 Å². The lowest BCUT2D eigenvalue weighted by molar-refractivity contribution is -0.161. The molecule has 4 aromatic heterocycles. The van der Waals surface area contributed by atoms with E-state index in [4.69, 9.17) is 0 Å². The average molecular weight is 516 g/mol. The predicted molar refractivity (Wildman–Crippen MR) is 123 cm³/mol. The molecule has 2 fully saturated rings. The molecule has 2 aliphatic rings. The molecule has 0 bridgehead atoms. The van der Waals surface area contributed by atoms with E-state index in [1.54, 1.807) is 18.3 Å². The minimum atomic E-state index is -4.38. The highest BCUT2D eigenvalue weighted by Gasteiger charge is 2.65. The maximum absolute atomic E-state index is 14.5. The zero-order chi connectivity index (χ0) is 25.8. The maximum atomic E-state index is 14.5. The van der Waals surface area contributed by atoms with Crippen LogP contribution in [-0.4, -0.2) is 65.6 Å². The number of fused-ring (bicyclic) bond motifs is 1. The van der Waals surface area contributed by atoms with Crippen molar-refractivity contribution in [3.8, 4) is 0 Å². The SMILES string of the molecule is O=C(Nc1cnccn1)[C@@H]1C[C@@H](F)CN1c1nc(Nc2cc(C3(C(F)(F)F)CC3)[nH]n2)c2cccn2n1. The largest absolute Gasteiger partial charge is 0.399 e. The summed E-state index contributed by atoms with van der Waals surface area (Å²) in [5.41, 5.74) is -1.41. The Morgan fingerprint density at radius 2 is 2.05 bits per heavy atom. The Kier molecular flexibility index (Phi) is 5.24. The number of rotatable bonds is 6. The van der Waals surface area contributed by atoms with Crippen LogP contribution in [0.25, 0.3) is 5.52 Å². The van der Waals surface area contributed by atoms with Gasteiger partial charge in [0, 0.05) is 31.1 Å². The summed E-state index contributed by atoms with van der Waals surface area (Å²) < 4.78 is 56.5. The molecule has 0 aromatic carbocycles. The lowest BCUT2D eigenvalue weighted by Gasteiger charge is -2.23. The summed E-state index contributed by atoms with van der Waals surface area (Å²) in [7, 11) is 0. The highest BCUT2D eigenvalue weighted by Crippen LogP contribution is 2.58. The summed E-state index contributed by atoms with van der Waals surface area (Å²) in [5, 5.41) is 16.5. The van der Waals surface area contributed by atoms with Crippen molar-refractivity contribution < 1.29 is 22.4 Å². The first-order valence-electron chi connectivity index (χ1n) is 11.5. The predicted octanol–water partition coefficient (Wildman–Crippen LogP) is 3.14. The summed E-state index contributed by atoms with van der Waals surface area (Å²) >= 11 is 0. The second kappa shape index (κ2) is 8.38. The van der Waals surface area contributed by atoms with E-state index in [9.17, 15) is 22.4 Å². The number of carbonyl (C=O) groups is 1. The number of anilines is 4. The molecule has 11 nitrogen and oxygen atoms in total. The smallest absolute Gasteiger partial charge is 0.324 e. The molecule has 37 heavy (non-hydrogen) atoms. The third-order valence-corrected chi connectivity index (χ3v) is 6.64. The monoisotopic (exact) mass is 516 g/mol. The fourth-order valence-electron chi connectivity index (χ4n) is 4.55. The quantitative estimate of drug-likeness (QED) is 0.334. The van der Waals surface area contributed by atoms with Gasteiger partial charge in [0.2, 0.25) is 11.9 Å². The lowest BCUT2D eigenvalue weighted by Crippen LogP contribution is -2.41. The number of H-pyrrole nitrogens is 1. The van der Waals surface area contributed by atoms with E-state index in [-0.39, 0.29) is 54.9 Å². The van der Waals surface area contributed by atoms with Gasteiger partial charge in [-0.25, -0.2) is 13.9 Å². The van der Waals surface area contributed by atoms with Crippen molar-refractivity contribution in [2.24, 2.45) is 0 Å². The number of hydrogen-bond acceptors (Lipinski definition) is 8. The van der Waals surface area contributed by atoms with Gasteiger partial charge in [-0.05, 0) is 25.0 Å². The van der Waals surface area contributed by atoms with Crippen LogP contribution in [0.3, 0.4) is 0 Å². The summed E-state index contributed by atoms with van der Waals surface area (Å²) in [6, 6.07) is 3.80. The van der Waals surface area contributed by atoms with Crippen LogP contribution in [0.4, 0.5) is 41.0 Å². The number of halogens is 4. The second-order valence-electron chi connectivity index (χ2n) is 9.05. The van der Waals surface area contributed by atoms with Crippen LogP contribution in [0, 0.1) is 0 Å². The van der Waals surface area contributed by atoms with E-state index in [0.29, 0.717) is 5.52 Å². The van der Waals surface area contributed by atoms with Crippen molar-refractivity contribution >= 4 is 34.8 Å². The fraction of sp³-hybridized carbons (Fsp3) is 0.364. The molecule has 1 aliphatic heterocycles. The van der Waals surface area contributed by atoms with Gasteiger partial charge in [-0.1, -0.05) is 0 Å². The molecule has 0 unspecified atom stereocenters. The minimum Gasteiger partial charge on any atom is -0.324 e. The van der Waals surface area contributed by atoms with Gasteiger partial charge < -0.3 is 15.5 Å². The second-order valence-corrected chi connectivity index (χ2v) is 9.05. The molecular weight excluding hydrogens is 496 g/mol. The normalized spacial score (nSPS) is 20.8. The number of carbonyl (C=O) groups excluding carboxylic acids is 1. The number of nitrogens with one attached hydrogen (secondary N) is 3. The molecule has 3 N–H and O–H groups in total. The Hall–Kier alpha value is -4.30. The Bertz CT molecular complexity index is 1450. The first-order valence-corrected chi connectivity index (χ1v) is 11.5. The van der Waals surface area contributed by atoms with Crippen LogP contribution < -0.4 is 15.5 Å². The minimum absolute atomic E-state index is 0.00386. The van der Waals surface area contributed by atoms with Gasteiger partial charge in [0.15, 0.2) is 17.5 Å². The van der Waals surface area contributed by atoms with Gasteiger partial charge in [-0.3, -0.25) is 14.9 Å². The lowest BCUT2D eigenvalue weighted by atomic mass is 10.0. The summed E-state index contributed by atoms with van der Waals surface area (Å²) in [6.45, 7) is -0.120. The van der Waals surface area contributed by atoms with E-state index in [1.807, 2.05) is 0 Å². The van der Waals surface area contributed by atoms with Crippen molar-refractivity contribution in [2.45, 2.75) is 43.1 Å². The summed E-state index contributed by atoms with van der Waals surface area (Å²) in [4.78, 5) is 26.8. The summed E-state index contributed by atoms with van der Waals surface area (Å²) in [6.07, 6.45) is 0.119. The molecule has 5 heterocycles. The van der Waals surface area contributed by atoms with E-state index in [0.717, 1.165) is 0 Å². The topological polar surface area (TPSA) is 129 Å².